The molecule has 0 aliphatic carbocycles. The van der Waals surface area contributed by atoms with E-state index >= 15 is 0 Å². The Morgan fingerprint density at radius 2 is 2.13 bits per heavy atom. The summed E-state index contributed by atoms with van der Waals surface area (Å²) in [4.78, 5) is 14.9. The number of piperidine rings is 1. The van der Waals surface area contributed by atoms with Crippen molar-refractivity contribution in [2.75, 3.05) is 30.8 Å². The Bertz CT molecular complexity index is 1100. The lowest BCUT2D eigenvalue weighted by molar-refractivity contribution is -0.108. The minimum absolute atomic E-state index is 0.0216. The van der Waals surface area contributed by atoms with Gasteiger partial charge in [0.25, 0.3) is 12.3 Å². The normalized spacial score (nSPS) is 22.4. The largest absolute Gasteiger partial charge is 0.355 e. The van der Waals surface area contributed by atoms with Crippen molar-refractivity contribution < 1.29 is 21.8 Å². The second kappa shape index (κ2) is 8.43. The predicted octanol–water partition coefficient (Wildman–Crippen LogP) is 3.38. The van der Waals surface area contributed by atoms with Gasteiger partial charge in [0.2, 0.25) is 0 Å². The van der Waals surface area contributed by atoms with Crippen LogP contribution in [0.25, 0.3) is 16.5 Å². The van der Waals surface area contributed by atoms with E-state index in [0.717, 1.165) is 11.3 Å². The van der Waals surface area contributed by atoms with E-state index in [1.807, 2.05) is 0 Å². The van der Waals surface area contributed by atoms with Crippen molar-refractivity contribution >= 4 is 33.1 Å². The quantitative estimate of drug-likeness (QED) is 0.552. The minimum Gasteiger partial charge on any atom is -0.355 e. The summed E-state index contributed by atoms with van der Waals surface area (Å²) in [6.07, 6.45) is 3.10. The molecule has 3 aromatic rings. The molecule has 3 atom stereocenters. The molecule has 0 saturated carbocycles. The van der Waals surface area contributed by atoms with E-state index < -0.39 is 35.2 Å². The molecule has 0 aromatic carbocycles. The van der Waals surface area contributed by atoms with Crippen molar-refractivity contribution in [3.8, 4) is 11.5 Å². The highest BCUT2D eigenvalue weighted by Crippen LogP contribution is 2.39. The number of nitrogens with zero attached hydrogens (tertiary/aromatic N) is 5. The Hall–Kier alpha value is -2.12. The molecule has 0 amide bonds. The molecule has 7 nitrogen and oxygen atoms in total. The third-order valence-corrected chi connectivity index (χ3v) is 6.88. The van der Waals surface area contributed by atoms with Gasteiger partial charge in [0.05, 0.1) is 28.0 Å². The summed E-state index contributed by atoms with van der Waals surface area (Å²) in [6.45, 7) is 1.49. The highest BCUT2D eigenvalue weighted by molar-refractivity contribution is 7.82. The van der Waals surface area contributed by atoms with Crippen molar-refractivity contribution in [1.82, 2.24) is 24.1 Å². The molecular formula is C18H20F4N6OS2. The molecule has 1 aliphatic rings. The number of thiazole rings is 1. The number of nitrogens with one attached hydrogen (secondary N) is 1. The lowest BCUT2D eigenvalue weighted by atomic mass is 9.86. The average molecular weight is 477 g/mol. The fourth-order valence-corrected chi connectivity index (χ4v) is 4.89. The van der Waals surface area contributed by atoms with Gasteiger partial charge in [-0.3, -0.25) is 4.40 Å². The van der Waals surface area contributed by atoms with Crippen LogP contribution in [-0.2, 0) is 11.0 Å². The molecule has 4 rings (SSSR count). The van der Waals surface area contributed by atoms with Crippen LogP contribution in [0.3, 0.4) is 0 Å². The first-order valence-corrected chi connectivity index (χ1v) is 11.8. The third-order valence-electron chi connectivity index (χ3n) is 5.31. The van der Waals surface area contributed by atoms with Crippen LogP contribution < -0.4 is 9.62 Å². The molecule has 0 bridgehead atoms. The maximum atomic E-state index is 14.7. The van der Waals surface area contributed by atoms with Gasteiger partial charge in [0.15, 0.2) is 10.8 Å². The molecule has 1 unspecified atom stereocenters. The van der Waals surface area contributed by atoms with Gasteiger partial charge in [-0.1, -0.05) is 18.3 Å². The van der Waals surface area contributed by atoms with Gasteiger partial charge in [-0.2, -0.15) is 0 Å². The van der Waals surface area contributed by atoms with Gasteiger partial charge in [0, 0.05) is 44.2 Å². The second-order valence-electron chi connectivity index (χ2n) is 7.45. The minimum atomic E-state index is -2.92. The number of rotatable bonds is 6. The maximum Gasteiger partial charge on any atom is 0.274 e. The van der Waals surface area contributed by atoms with E-state index in [4.69, 9.17) is 0 Å². The molecule has 1 saturated heterocycles. The van der Waals surface area contributed by atoms with Crippen LogP contribution in [0.4, 0.5) is 23.4 Å². The van der Waals surface area contributed by atoms with Crippen LogP contribution in [0.15, 0.2) is 24.7 Å². The van der Waals surface area contributed by atoms with Crippen LogP contribution in [0.1, 0.15) is 18.2 Å². The standard InChI is InChI=1S/C18H20F4N6OS2/c1-10-7-27(8-11(18(10,21)22)5-25-31(2)29)14-3-4-23-16(26-14)12-6-24-17-28(12)9-13(30-17)15(19)20/h3-4,6,9-11,15,25H,5,7-8H2,1-2H3/t10-,11+,31?/m0/s1. The van der Waals surface area contributed by atoms with Crippen LogP contribution in [0, 0.1) is 11.8 Å². The van der Waals surface area contributed by atoms with Gasteiger partial charge in [-0.15, -0.1) is 0 Å². The van der Waals surface area contributed by atoms with Crippen molar-refractivity contribution in [2.45, 2.75) is 19.3 Å². The fourth-order valence-electron chi connectivity index (χ4n) is 3.64. The lowest BCUT2D eigenvalue weighted by Gasteiger charge is -2.43. The van der Waals surface area contributed by atoms with Gasteiger partial charge < -0.3 is 4.90 Å². The number of aromatic nitrogens is 4. The van der Waals surface area contributed by atoms with Gasteiger partial charge in [-0.25, -0.2) is 41.4 Å². The van der Waals surface area contributed by atoms with E-state index in [1.54, 1.807) is 11.0 Å². The van der Waals surface area contributed by atoms with Gasteiger partial charge >= 0.3 is 0 Å². The highest BCUT2D eigenvalue weighted by atomic mass is 32.2. The number of halogens is 4. The zero-order valence-electron chi connectivity index (χ0n) is 16.6. The molecule has 1 N–H and O–H groups in total. The first-order chi connectivity index (χ1) is 14.7. The Morgan fingerprint density at radius 1 is 1.35 bits per heavy atom. The third kappa shape index (κ3) is 4.30. The van der Waals surface area contributed by atoms with Crippen LogP contribution in [0.2, 0.25) is 0 Å². The summed E-state index contributed by atoms with van der Waals surface area (Å²) in [7, 11) is -1.40. The zero-order valence-corrected chi connectivity index (χ0v) is 18.3. The molecule has 13 heteroatoms. The number of alkyl halides is 4. The van der Waals surface area contributed by atoms with E-state index in [9.17, 15) is 21.8 Å². The number of hydrogen-bond donors (Lipinski definition) is 1. The van der Waals surface area contributed by atoms with Crippen molar-refractivity contribution in [3.63, 3.8) is 0 Å². The molecular weight excluding hydrogens is 456 g/mol. The van der Waals surface area contributed by atoms with E-state index in [0.29, 0.717) is 16.5 Å². The van der Waals surface area contributed by atoms with Crippen LogP contribution in [0.5, 0.6) is 0 Å². The Kier molecular flexibility index (Phi) is 6.01. The van der Waals surface area contributed by atoms with Gasteiger partial charge in [-0.05, 0) is 6.07 Å². The summed E-state index contributed by atoms with van der Waals surface area (Å²) in [6, 6.07) is 1.62. The molecule has 1 aliphatic heterocycles. The first kappa shape index (κ1) is 22.1. The number of hydrogen-bond acceptors (Lipinski definition) is 6. The molecule has 168 valence electrons. The summed E-state index contributed by atoms with van der Waals surface area (Å²) in [5.41, 5.74) is 0.440. The monoisotopic (exact) mass is 476 g/mol. The summed E-state index contributed by atoms with van der Waals surface area (Å²) < 4.78 is 70.8. The topological polar surface area (TPSA) is 75.4 Å². The Labute approximate surface area is 182 Å². The zero-order chi connectivity index (χ0) is 22.3. The summed E-state index contributed by atoms with van der Waals surface area (Å²) >= 11 is 0.882. The summed E-state index contributed by atoms with van der Waals surface area (Å²) in [5.74, 6) is -4.19. The predicted molar refractivity (Wildman–Crippen MR) is 111 cm³/mol. The molecule has 0 spiro atoms. The molecule has 1 fully saturated rings. The molecule has 3 aromatic heterocycles. The Morgan fingerprint density at radius 3 is 2.84 bits per heavy atom. The highest BCUT2D eigenvalue weighted by Gasteiger charge is 2.49. The maximum absolute atomic E-state index is 14.7. The number of anilines is 1. The van der Waals surface area contributed by atoms with Crippen molar-refractivity contribution in [3.05, 3.63) is 29.5 Å². The number of imidazole rings is 1. The van der Waals surface area contributed by atoms with Crippen molar-refractivity contribution in [2.24, 2.45) is 11.8 Å². The average Bonchev–Trinajstić information content (AvgIpc) is 3.30. The lowest BCUT2D eigenvalue weighted by Crippen LogP contribution is -2.55. The summed E-state index contributed by atoms with van der Waals surface area (Å²) in [5, 5.41) is 0. The van der Waals surface area contributed by atoms with Crippen LogP contribution >= 0.6 is 11.3 Å². The van der Waals surface area contributed by atoms with Gasteiger partial charge in [0.1, 0.15) is 11.5 Å². The van der Waals surface area contributed by atoms with Crippen LogP contribution in [-0.4, -0.2) is 55.4 Å². The first-order valence-electron chi connectivity index (χ1n) is 9.45. The smallest absolute Gasteiger partial charge is 0.274 e. The molecule has 4 heterocycles. The molecule has 31 heavy (non-hydrogen) atoms. The van der Waals surface area contributed by atoms with E-state index in [2.05, 4.69) is 19.7 Å². The second-order valence-corrected chi connectivity index (χ2v) is 9.69. The van der Waals surface area contributed by atoms with E-state index in [-0.39, 0.29) is 30.3 Å². The van der Waals surface area contributed by atoms with E-state index in [1.165, 1.54) is 36.2 Å². The SMILES string of the molecule is C[C@H]1CN(c2ccnc(-c3cnc4sc(C(F)F)cn34)n2)C[C@@H](CNS(C)=O)C1(F)F. The Balaban J connectivity index is 1.63. The number of fused-ring (bicyclic) bond motifs is 1. The molecule has 0 radical (unpaired) electrons. The van der Waals surface area contributed by atoms with Crippen molar-refractivity contribution in [1.29, 1.82) is 0 Å². The fraction of sp³-hybridized carbons (Fsp3) is 0.500.